The number of nitrogens with zero attached hydrogens (tertiary/aromatic N) is 2. The maximum Gasteiger partial charge on any atom is 0.0351 e. The number of hydrogen-bond acceptors (Lipinski definition) is 3. The zero-order valence-corrected chi connectivity index (χ0v) is 12.8. The molecule has 0 spiro atoms. The molecule has 1 heterocycles. The van der Waals surface area contributed by atoms with Crippen LogP contribution in [0.15, 0.2) is 36.7 Å². The van der Waals surface area contributed by atoms with Crippen LogP contribution in [-0.2, 0) is 0 Å². The zero-order chi connectivity index (χ0) is 14.4. The van der Waals surface area contributed by atoms with Crippen LogP contribution >= 0.6 is 0 Å². The van der Waals surface area contributed by atoms with Crippen molar-refractivity contribution in [2.45, 2.75) is 26.3 Å². The van der Waals surface area contributed by atoms with E-state index in [1.54, 1.807) is 0 Å². The Balaban J connectivity index is 2.21. The Kier molecular flexibility index (Phi) is 5.50. The molecule has 2 rings (SSSR count). The van der Waals surface area contributed by atoms with Crippen molar-refractivity contribution < 1.29 is 0 Å². The van der Waals surface area contributed by atoms with Crippen molar-refractivity contribution in [3.8, 4) is 0 Å². The lowest BCUT2D eigenvalue weighted by molar-refractivity contribution is 0.285. The summed E-state index contributed by atoms with van der Waals surface area (Å²) in [6.07, 6.45) is 5.05. The first-order valence-electron chi connectivity index (χ1n) is 7.52. The van der Waals surface area contributed by atoms with Crippen LogP contribution in [0, 0.1) is 0 Å². The number of rotatable bonds is 7. The Morgan fingerprint density at radius 2 is 1.90 bits per heavy atom. The number of pyridine rings is 1. The van der Waals surface area contributed by atoms with E-state index < -0.39 is 0 Å². The number of fused-ring (bicyclic) bond motifs is 1. The predicted molar refractivity (Wildman–Crippen MR) is 85.9 cm³/mol. The quantitative estimate of drug-likeness (QED) is 0.838. The molecule has 0 bridgehead atoms. The summed E-state index contributed by atoms with van der Waals surface area (Å²) in [5.74, 6) is 0. The first-order chi connectivity index (χ1) is 9.80. The van der Waals surface area contributed by atoms with E-state index in [4.69, 9.17) is 0 Å². The van der Waals surface area contributed by atoms with Crippen molar-refractivity contribution >= 4 is 10.8 Å². The molecule has 0 amide bonds. The fraction of sp³-hybridized carbons (Fsp3) is 0.471. The van der Waals surface area contributed by atoms with Gasteiger partial charge in [0, 0.05) is 23.8 Å². The van der Waals surface area contributed by atoms with Crippen LogP contribution in [-0.4, -0.2) is 36.6 Å². The van der Waals surface area contributed by atoms with E-state index >= 15 is 0 Å². The van der Waals surface area contributed by atoms with Crippen molar-refractivity contribution in [1.29, 1.82) is 0 Å². The second-order valence-corrected chi connectivity index (χ2v) is 5.11. The zero-order valence-electron chi connectivity index (χ0n) is 12.8. The molecule has 0 aliphatic carbocycles. The van der Waals surface area contributed by atoms with E-state index in [0.29, 0.717) is 6.04 Å². The number of benzene rings is 1. The van der Waals surface area contributed by atoms with Gasteiger partial charge in [-0.15, -0.1) is 0 Å². The Hall–Kier alpha value is -1.45. The molecule has 0 aliphatic rings. The van der Waals surface area contributed by atoms with E-state index in [9.17, 15) is 0 Å². The maximum absolute atomic E-state index is 4.40. The molecule has 1 N–H and O–H groups in total. The van der Waals surface area contributed by atoms with Gasteiger partial charge in [-0.1, -0.05) is 38.1 Å². The van der Waals surface area contributed by atoms with Crippen LogP contribution in [0.25, 0.3) is 10.8 Å². The first-order valence-corrected chi connectivity index (χ1v) is 7.52. The highest BCUT2D eigenvalue weighted by Crippen LogP contribution is 2.25. The molecule has 1 aromatic heterocycles. The summed E-state index contributed by atoms with van der Waals surface area (Å²) in [6, 6.07) is 8.84. The number of aromatic nitrogens is 1. The summed E-state index contributed by atoms with van der Waals surface area (Å²) in [5, 5.41) is 5.97. The molecule has 20 heavy (non-hydrogen) atoms. The maximum atomic E-state index is 4.40. The molecule has 0 aliphatic heterocycles. The molecule has 0 fully saturated rings. The summed E-state index contributed by atoms with van der Waals surface area (Å²) >= 11 is 0. The van der Waals surface area contributed by atoms with Crippen LogP contribution in [0.2, 0.25) is 0 Å². The van der Waals surface area contributed by atoms with E-state index in [1.165, 1.54) is 16.3 Å². The third-order valence-electron chi connectivity index (χ3n) is 4.05. The normalized spacial score (nSPS) is 13.0. The van der Waals surface area contributed by atoms with Crippen molar-refractivity contribution in [3.05, 3.63) is 42.2 Å². The molecule has 1 unspecified atom stereocenters. The van der Waals surface area contributed by atoms with Gasteiger partial charge in [0.05, 0.1) is 0 Å². The molecule has 0 radical (unpaired) electrons. The van der Waals surface area contributed by atoms with E-state index in [2.05, 4.69) is 53.3 Å². The lowest BCUT2D eigenvalue weighted by Gasteiger charge is -2.23. The van der Waals surface area contributed by atoms with Gasteiger partial charge >= 0.3 is 0 Å². The average molecular weight is 271 g/mol. The summed E-state index contributed by atoms with van der Waals surface area (Å²) in [6.45, 7) is 7.78. The summed E-state index contributed by atoms with van der Waals surface area (Å²) < 4.78 is 0. The third kappa shape index (κ3) is 3.35. The number of hydrogen-bond donors (Lipinski definition) is 1. The average Bonchev–Trinajstić information content (AvgIpc) is 2.51. The molecule has 1 atom stereocenters. The highest BCUT2D eigenvalue weighted by Gasteiger charge is 2.13. The first kappa shape index (κ1) is 14.9. The minimum Gasteiger partial charge on any atom is -0.313 e. The topological polar surface area (TPSA) is 28.2 Å². The lowest BCUT2D eigenvalue weighted by Crippen LogP contribution is -2.28. The predicted octanol–water partition coefficient (Wildman–Crippen LogP) is 3.23. The standard InChI is InChI=1S/C17H25N3/c1-4-20(5-2)11-10-17(18-3)16-13-19-12-14-8-6-7-9-15(14)16/h6-9,12-13,17-18H,4-5,10-11H2,1-3H3. The van der Waals surface area contributed by atoms with E-state index in [-0.39, 0.29) is 0 Å². The van der Waals surface area contributed by atoms with E-state index in [1.807, 2.05) is 19.4 Å². The summed E-state index contributed by atoms with van der Waals surface area (Å²) in [4.78, 5) is 6.86. The molecule has 0 saturated heterocycles. The van der Waals surface area contributed by atoms with Gasteiger partial charge in [-0.2, -0.15) is 0 Å². The minimum atomic E-state index is 0.356. The van der Waals surface area contributed by atoms with Crippen molar-refractivity contribution in [2.75, 3.05) is 26.7 Å². The highest BCUT2D eigenvalue weighted by molar-refractivity contribution is 5.85. The van der Waals surface area contributed by atoms with Gasteiger partial charge in [0.25, 0.3) is 0 Å². The Morgan fingerprint density at radius 3 is 2.60 bits per heavy atom. The van der Waals surface area contributed by atoms with Crippen LogP contribution in [0.5, 0.6) is 0 Å². The lowest BCUT2D eigenvalue weighted by atomic mass is 9.99. The van der Waals surface area contributed by atoms with Crippen LogP contribution in [0.1, 0.15) is 31.9 Å². The van der Waals surface area contributed by atoms with Crippen LogP contribution in [0.4, 0.5) is 0 Å². The van der Waals surface area contributed by atoms with Gasteiger partial charge in [0.2, 0.25) is 0 Å². The number of nitrogens with one attached hydrogen (secondary N) is 1. The van der Waals surface area contributed by atoms with Gasteiger partial charge in [0.15, 0.2) is 0 Å². The fourth-order valence-electron chi connectivity index (χ4n) is 2.72. The second-order valence-electron chi connectivity index (χ2n) is 5.11. The second kappa shape index (κ2) is 7.36. The van der Waals surface area contributed by atoms with E-state index in [0.717, 1.165) is 26.1 Å². The van der Waals surface area contributed by atoms with Crippen molar-refractivity contribution in [2.24, 2.45) is 0 Å². The van der Waals surface area contributed by atoms with Gasteiger partial charge in [-0.3, -0.25) is 4.98 Å². The monoisotopic (exact) mass is 271 g/mol. The SMILES string of the molecule is CCN(CC)CCC(NC)c1cncc2ccccc12. The highest BCUT2D eigenvalue weighted by atomic mass is 15.1. The Morgan fingerprint density at radius 1 is 1.15 bits per heavy atom. The van der Waals surface area contributed by atoms with Crippen LogP contribution in [0.3, 0.4) is 0 Å². The third-order valence-corrected chi connectivity index (χ3v) is 4.05. The summed E-state index contributed by atoms with van der Waals surface area (Å²) in [7, 11) is 2.04. The smallest absolute Gasteiger partial charge is 0.0351 e. The molecule has 2 aromatic rings. The minimum absolute atomic E-state index is 0.356. The molecular formula is C17H25N3. The molecule has 0 saturated carbocycles. The van der Waals surface area contributed by atoms with Gasteiger partial charge in [0.1, 0.15) is 0 Å². The molecule has 108 valence electrons. The summed E-state index contributed by atoms with van der Waals surface area (Å²) in [5.41, 5.74) is 1.30. The van der Waals surface area contributed by atoms with Gasteiger partial charge in [-0.25, -0.2) is 0 Å². The van der Waals surface area contributed by atoms with Gasteiger partial charge in [-0.05, 0) is 44.1 Å². The molecule has 3 nitrogen and oxygen atoms in total. The van der Waals surface area contributed by atoms with Crippen LogP contribution < -0.4 is 5.32 Å². The van der Waals surface area contributed by atoms with Crippen molar-refractivity contribution in [1.82, 2.24) is 15.2 Å². The van der Waals surface area contributed by atoms with Gasteiger partial charge < -0.3 is 10.2 Å². The Labute approximate surface area is 122 Å². The molecule has 1 aromatic carbocycles. The largest absolute Gasteiger partial charge is 0.313 e. The molecular weight excluding hydrogens is 246 g/mol. The molecule has 3 heteroatoms. The van der Waals surface area contributed by atoms with Crippen molar-refractivity contribution in [3.63, 3.8) is 0 Å². The fourth-order valence-corrected chi connectivity index (χ4v) is 2.72. The Bertz CT molecular complexity index is 529.